The Morgan fingerprint density at radius 1 is 1.13 bits per heavy atom. The monoisotopic (exact) mass is 613 g/mol. The molecule has 0 bridgehead atoms. The number of rotatable bonds is 7. The van der Waals surface area contributed by atoms with Crippen molar-refractivity contribution in [3.63, 3.8) is 0 Å². The van der Waals surface area contributed by atoms with Crippen LogP contribution in [0.4, 0.5) is 14.6 Å². The van der Waals surface area contributed by atoms with Gasteiger partial charge in [-0.15, -0.1) is 0 Å². The Labute approximate surface area is 261 Å². The van der Waals surface area contributed by atoms with Crippen molar-refractivity contribution in [2.45, 2.75) is 62.7 Å². The van der Waals surface area contributed by atoms with Crippen LogP contribution in [0.15, 0.2) is 43.0 Å². The summed E-state index contributed by atoms with van der Waals surface area (Å²) >= 11 is 0. The molecule has 3 aromatic rings. The molecule has 5 heterocycles. The van der Waals surface area contributed by atoms with Crippen LogP contribution in [0.5, 0.6) is 6.01 Å². The molecule has 1 aromatic carbocycles. The fourth-order valence-corrected chi connectivity index (χ4v) is 7.85. The van der Waals surface area contributed by atoms with E-state index in [4.69, 9.17) is 21.3 Å². The SMILES string of the molecule is [C-]#[N+]C[C@H]1CN(c2nc(OCC34CCCN3C[C@H](F)C4)nc3cc(-c4cncc5c4CCCC5)ccc23)CCN1C(=O)C(=C)F. The second-order valence-corrected chi connectivity index (χ2v) is 12.8. The van der Waals surface area contributed by atoms with E-state index in [1.807, 2.05) is 23.4 Å². The summed E-state index contributed by atoms with van der Waals surface area (Å²) < 4.78 is 34.7. The van der Waals surface area contributed by atoms with Crippen molar-refractivity contribution in [2.75, 3.05) is 50.8 Å². The number of ether oxygens (including phenoxy) is 1. The fraction of sp³-hybridized carbons (Fsp3) is 0.500. The van der Waals surface area contributed by atoms with Crippen LogP contribution in [0, 0.1) is 6.57 Å². The number of piperazine rings is 1. The van der Waals surface area contributed by atoms with Gasteiger partial charge in [-0.2, -0.15) is 9.97 Å². The molecule has 3 saturated heterocycles. The Morgan fingerprint density at radius 2 is 2.00 bits per heavy atom. The summed E-state index contributed by atoms with van der Waals surface area (Å²) in [6.07, 6.45) is 9.72. The number of benzene rings is 1. The summed E-state index contributed by atoms with van der Waals surface area (Å²) in [7, 11) is 0. The summed E-state index contributed by atoms with van der Waals surface area (Å²) in [4.78, 5) is 36.0. The second-order valence-electron chi connectivity index (χ2n) is 12.8. The van der Waals surface area contributed by atoms with Crippen molar-refractivity contribution >= 4 is 22.6 Å². The van der Waals surface area contributed by atoms with Crippen molar-refractivity contribution in [1.82, 2.24) is 24.8 Å². The minimum absolute atomic E-state index is 0.0287. The van der Waals surface area contributed by atoms with Crippen LogP contribution >= 0.6 is 0 Å². The Morgan fingerprint density at radius 3 is 2.84 bits per heavy atom. The third kappa shape index (κ3) is 5.50. The highest BCUT2D eigenvalue weighted by Crippen LogP contribution is 2.41. The van der Waals surface area contributed by atoms with Crippen molar-refractivity contribution < 1.29 is 18.3 Å². The number of anilines is 1. The zero-order valence-corrected chi connectivity index (χ0v) is 25.4. The van der Waals surface area contributed by atoms with E-state index in [9.17, 15) is 13.6 Å². The molecule has 0 radical (unpaired) electrons. The lowest BCUT2D eigenvalue weighted by Crippen LogP contribution is -2.56. The topological polar surface area (TPSA) is 79.1 Å². The van der Waals surface area contributed by atoms with Gasteiger partial charge in [0.1, 0.15) is 24.6 Å². The van der Waals surface area contributed by atoms with Gasteiger partial charge in [-0.3, -0.25) is 14.7 Å². The fourth-order valence-electron chi connectivity index (χ4n) is 7.85. The highest BCUT2D eigenvalue weighted by Gasteiger charge is 2.49. The normalized spacial score (nSPS) is 24.7. The summed E-state index contributed by atoms with van der Waals surface area (Å²) in [6, 6.07) is 5.82. The Kier molecular flexibility index (Phi) is 7.86. The molecule has 4 aliphatic rings. The standard InChI is InChI=1S/C34H37F2N7O2/c1-22(35)32(44)43-13-12-41(20-26(43)17-37-2)31-28-9-8-23(29-18-38-16-24-6-3-4-7-27(24)29)14-30(28)39-33(40-31)45-21-34-10-5-11-42(34)19-25(36)15-34/h8-9,14,16,18,25-26H,1,3-7,10-13,15,17,19-21H2/t25-,26+,34?/m1/s1. The maximum Gasteiger partial charge on any atom is 0.319 e. The molecule has 9 nitrogen and oxygen atoms in total. The molecular formula is C34H37F2N7O2. The highest BCUT2D eigenvalue weighted by molar-refractivity contribution is 5.94. The summed E-state index contributed by atoms with van der Waals surface area (Å²) in [5.41, 5.74) is 5.10. The molecule has 7 rings (SSSR count). The summed E-state index contributed by atoms with van der Waals surface area (Å²) in [6.45, 7) is 13.2. The van der Waals surface area contributed by atoms with Crippen LogP contribution in [0.2, 0.25) is 0 Å². The van der Waals surface area contributed by atoms with Gasteiger partial charge in [0.25, 0.3) is 5.91 Å². The third-order valence-corrected chi connectivity index (χ3v) is 10.0. The van der Waals surface area contributed by atoms with E-state index < -0.39 is 23.9 Å². The third-order valence-electron chi connectivity index (χ3n) is 10.0. The molecular weight excluding hydrogens is 576 g/mol. The van der Waals surface area contributed by atoms with Gasteiger partial charge < -0.3 is 19.4 Å². The first-order valence-corrected chi connectivity index (χ1v) is 15.9. The lowest BCUT2D eigenvalue weighted by atomic mass is 9.87. The number of alkyl halides is 1. The maximum absolute atomic E-state index is 14.5. The molecule has 3 fully saturated rings. The quantitative estimate of drug-likeness (QED) is 0.276. The molecule has 3 aliphatic heterocycles. The number of fused-ring (bicyclic) bond motifs is 3. The van der Waals surface area contributed by atoms with Crippen LogP contribution in [-0.2, 0) is 17.6 Å². The number of pyridine rings is 1. The zero-order chi connectivity index (χ0) is 31.1. The predicted octanol–water partition coefficient (Wildman–Crippen LogP) is 4.95. The van der Waals surface area contributed by atoms with Crippen LogP contribution in [0.3, 0.4) is 0 Å². The number of nitrogens with zero attached hydrogens (tertiary/aromatic N) is 7. The highest BCUT2D eigenvalue weighted by atomic mass is 19.1. The van der Waals surface area contributed by atoms with Crippen LogP contribution in [-0.4, -0.2) is 94.3 Å². The molecule has 11 heteroatoms. The van der Waals surface area contributed by atoms with Gasteiger partial charge in [0.05, 0.1) is 11.1 Å². The second kappa shape index (κ2) is 12.0. The van der Waals surface area contributed by atoms with Gasteiger partial charge in [-0.1, -0.05) is 12.6 Å². The minimum atomic E-state index is -1.03. The maximum atomic E-state index is 14.5. The first kappa shape index (κ1) is 29.5. The number of amides is 1. The lowest BCUT2D eigenvalue weighted by molar-refractivity contribution is -0.131. The molecule has 1 unspecified atom stereocenters. The number of hydrogen-bond acceptors (Lipinski definition) is 7. The van der Waals surface area contributed by atoms with Gasteiger partial charge >= 0.3 is 6.01 Å². The van der Waals surface area contributed by atoms with E-state index in [2.05, 4.69) is 33.4 Å². The Bertz CT molecular complexity index is 1690. The molecule has 1 aliphatic carbocycles. The van der Waals surface area contributed by atoms with E-state index >= 15 is 0 Å². The Hall–Kier alpha value is -4.17. The first-order chi connectivity index (χ1) is 21.8. The summed E-state index contributed by atoms with van der Waals surface area (Å²) in [5.74, 6) is -1.19. The average Bonchev–Trinajstić information content (AvgIpc) is 3.58. The number of aromatic nitrogens is 3. The number of carbonyl (C=O) groups is 1. The van der Waals surface area contributed by atoms with Crippen molar-refractivity contribution in [2.24, 2.45) is 0 Å². The molecule has 0 saturated carbocycles. The van der Waals surface area contributed by atoms with Crippen LogP contribution in [0.1, 0.15) is 43.2 Å². The van der Waals surface area contributed by atoms with Crippen molar-refractivity contribution in [3.8, 4) is 17.1 Å². The van der Waals surface area contributed by atoms with E-state index in [1.54, 1.807) is 0 Å². The van der Waals surface area contributed by atoms with Gasteiger partial charge in [0.15, 0.2) is 5.83 Å². The smallest absolute Gasteiger partial charge is 0.319 e. The molecule has 1 amide bonds. The van der Waals surface area contributed by atoms with Gasteiger partial charge in [0, 0.05) is 55.9 Å². The van der Waals surface area contributed by atoms with E-state index in [0.717, 1.165) is 55.2 Å². The summed E-state index contributed by atoms with van der Waals surface area (Å²) in [5, 5.41) is 0.811. The van der Waals surface area contributed by atoms with Crippen molar-refractivity contribution in [1.29, 1.82) is 0 Å². The lowest BCUT2D eigenvalue weighted by Gasteiger charge is -2.39. The van der Waals surface area contributed by atoms with E-state index in [1.165, 1.54) is 22.4 Å². The molecule has 0 spiro atoms. The molecule has 2 aromatic heterocycles. The molecule has 234 valence electrons. The molecule has 45 heavy (non-hydrogen) atoms. The van der Waals surface area contributed by atoms with E-state index in [0.29, 0.717) is 44.0 Å². The van der Waals surface area contributed by atoms with Gasteiger partial charge in [0.2, 0.25) is 6.54 Å². The number of halogens is 2. The van der Waals surface area contributed by atoms with Crippen molar-refractivity contribution in [3.05, 3.63) is 65.5 Å². The Balaban J connectivity index is 1.27. The van der Waals surface area contributed by atoms with Crippen LogP contribution < -0.4 is 9.64 Å². The first-order valence-electron chi connectivity index (χ1n) is 15.9. The average molecular weight is 614 g/mol. The number of carbonyl (C=O) groups excluding carboxylic acids is 1. The number of hydrogen-bond donors (Lipinski definition) is 0. The molecule has 3 atom stereocenters. The van der Waals surface area contributed by atoms with E-state index in [-0.39, 0.29) is 24.6 Å². The van der Waals surface area contributed by atoms with Gasteiger partial charge in [-0.25, -0.2) is 15.4 Å². The zero-order valence-electron chi connectivity index (χ0n) is 25.4. The van der Waals surface area contributed by atoms with Crippen LogP contribution in [0.25, 0.3) is 26.9 Å². The molecule has 0 N–H and O–H groups in total. The largest absolute Gasteiger partial charge is 0.461 e. The predicted molar refractivity (Wildman–Crippen MR) is 167 cm³/mol. The number of aryl methyl sites for hydroxylation is 1. The van der Waals surface area contributed by atoms with Gasteiger partial charge in [-0.05, 0) is 73.9 Å². The minimum Gasteiger partial charge on any atom is -0.461 e.